The number of hydrogen-bond acceptors (Lipinski definition) is 4. The van der Waals surface area contributed by atoms with Crippen molar-refractivity contribution in [2.75, 3.05) is 40.3 Å². The molecule has 28 heavy (non-hydrogen) atoms. The fourth-order valence-electron chi connectivity index (χ4n) is 2.89. The van der Waals surface area contributed by atoms with E-state index in [1.165, 1.54) is 0 Å². The van der Waals surface area contributed by atoms with Crippen molar-refractivity contribution in [3.63, 3.8) is 0 Å². The Kier molecular flexibility index (Phi) is 11.4. The topological polar surface area (TPSA) is 72.9 Å². The lowest BCUT2D eigenvalue weighted by Crippen LogP contribution is -2.49. The van der Waals surface area contributed by atoms with E-state index in [9.17, 15) is 4.79 Å². The first-order chi connectivity index (χ1) is 12.9. The summed E-state index contributed by atoms with van der Waals surface area (Å²) < 4.78 is 0. The quantitative estimate of drug-likeness (QED) is 0.339. The number of hydrogen-bond donors (Lipinski definition) is 2. The molecule has 0 radical (unpaired) electrons. The van der Waals surface area contributed by atoms with Gasteiger partial charge in [-0.25, -0.2) is 4.99 Å². The van der Waals surface area contributed by atoms with Gasteiger partial charge in [0.2, 0.25) is 5.91 Å². The van der Waals surface area contributed by atoms with Crippen molar-refractivity contribution in [2.45, 2.75) is 39.3 Å². The molecule has 2 heterocycles. The Hall–Kier alpha value is -1.42. The van der Waals surface area contributed by atoms with E-state index >= 15 is 0 Å². The van der Waals surface area contributed by atoms with Gasteiger partial charge in [-0.2, -0.15) is 0 Å². The Labute approximate surface area is 186 Å². The molecule has 0 aliphatic carbocycles. The van der Waals surface area contributed by atoms with Gasteiger partial charge in [0.05, 0.1) is 5.69 Å². The van der Waals surface area contributed by atoms with Gasteiger partial charge in [0, 0.05) is 52.5 Å². The van der Waals surface area contributed by atoms with Crippen LogP contribution in [0.1, 0.15) is 32.4 Å². The highest BCUT2D eigenvalue weighted by Gasteiger charge is 2.20. The van der Waals surface area contributed by atoms with Crippen LogP contribution in [0.15, 0.2) is 29.4 Å². The van der Waals surface area contributed by atoms with Crippen LogP contribution in [-0.4, -0.2) is 73.0 Å². The van der Waals surface area contributed by atoms with Crippen LogP contribution in [0.2, 0.25) is 0 Å². The molecular formula is C20H35IN6O. The summed E-state index contributed by atoms with van der Waals surface area (Å²) in [5.41, 5.74) is 1.12. The molecule has 0 bridgehead atoms. The van der Waals surface area contributed by atoms with Crippen LogP contribution in [0.3, 0.4) is 0 Å². The van der Waals surface area contributed by atoms with Crippen molar-refractivity contribution in [1.29, 1.82) is 0 Å². The summed E-state index contributed by atoms with van der Waals surface area (Å²) in [4.78, 5) is 24.7. The van der Waals surface area contributed by atoms with Gasteiger partial charge in [-0.3, -0.25) is 14.7 Å². The molecule has 2 rings (SSSR count). The van der Waals surface area contributed by atoms with E-state index in [4.69, 9.17) is 0 Å². The number of likely N-dealkylation sites (tertiary alicyclic amines) is 1. The molecule has 158 valence electrons. The summed E-state index contributed by atoms with van der Waals surface area (Å²) in [5, 5.41) is 6.87. The molecule has 8 heteroatoms. The van der Waals surface area contributed by atoms with E-state index in [-0.39, 0.29) is 36.4 Å². The lowest BCUT2D eigenvalue weighted by atomic mass is 10.0. The number of nitrogens with one attached hydrogen (secondary N) is 2. The summed E-state index contributed by atoms with van der Waals surface area (Å²) >= 11 is 0. The maximum atomic E-state index is 11.8. The molecule has 0 aromatic carbocycles. The number of pyridine rings is 1. The number of piperidine rings is 1. The van der Waals surface area contributed by atoms with Gasteiger partial charge >= 0.3 is 0 Å². The van der Waals surface area contributed by atoms with Crippen molar-refractivity contribution >= 4 is 35.8 Å². The van der Waals surface area contributed by atoms with Gasteiger partial charge in [-0.05, 0) is 30.9 Å². The van der Waals surface area contributed by atoms with E-state index in [1.54, 1.807) is 19.0 Å². The number of aromatic nitrogens is 1. The number of carbonyl (C=O) groups is 1. The molecule has 1 saturated heterocycles. The first kappa shape index (κ1) is 24.6. The first-order valence-electron chi connectivity index (χ1n) is 9.81. The van der Waals surface area contributed by atoms with Crippen LogP contribution in [0.4, 0.5) is 0 Å². The molecule has 0 unspecified atom stereocenters. The molecular weight excluding hydrogens is 467 g/mol. The monoisotopic (exact) mass is 502 g/mol. The van der Waals surface area contributed by atoms with Crippen molar-refractivity contribution < 1.29 is 4.79 Å². The van der Waals surface area contributed by atoms with E-state index in [0.717, 1.165) is 50.7 Å². The second-order valence-electron chi connectivity index (χ2n) is 7.74. The second-order valence-corrected chi connectivity index (χ2v) is 7.74. The average Bonchev–Trinajstić information content (AvgIpc) is 2.65. The summed E-state index contributed by atoms with van der Waals surface area (Å²) in [6, 6.07) is 6.44. The molecule has 7 nitrogen and oxygen atoms in total. The Morgan fingerprint density at radius 3 is 2.61 bits per heavy atom. The van der Waals surface area contributed by atoms with E-state index in [2.05, 4.69) is 45.4 Å². The van der Waals surface area contributed by atoms with Crippen LogP contribution in [0.5, 0.6) is 0 Å². The molecule has 1 fully saturated rings. The number of amides is 1. The Morgan fingerprint density at radius 2 is 2.04 bits per heavy atom. The number of nitrogens with zero attached hydrogens (tertiary/aromatic N) is 4. The molecule has 2 N–H and O–H groups in total. The zero-order chi connectivity index (χ0) is 19.6. The Morgan fingerprint density at radius 1 is 1.32 bits per heavy atom. The highest BCUT2D eigenvalue weighted by atomic mass is 127. The lowest BCUT2D eigenvalue weighted by molar-refractivity contribution is -0.127. The minimum Gasteiger partial charge on any atom is -0.356 e. The van der Waals surface area contributed by atoms with Crippen LogP contribution in [0.25, 0.3) is 0 Å². The lowest BCUT2D eigenvalue weighted by Gasteiger charge is -2.33. The van der Waals surface area contributed by atoms with Crippen molar-refractivity contribution in [3.8, 4) is 0 Å². The fourth-order valence-corrected chi connectivity index (χ4v) is 2.89. The maximum Gasteiger partial charge on any atom is 0.243 e. The van der Waals surface area contributed by atoms with Gasteiger partial charge < -0.3 is 15.5 Å². The van der Waals surface area contributed by atoms with Crippen molar-refractivity contribution in [2.24, 2.45) is 10.9 Å². The number of carbonyl (C=O) groups excluding carboxylic acids is 1. The second kappa shape index (κ2) is 12.9. The van der Waals surface area contributed by atoms with Crippen LogP contribution < -0.4 is 10.6 Å². The summed E-state index contributed by atoms with van der Waals surface area (Å²) in [6.45, 7) is 8.28. The van der Waals surface area contributed by atoms with E-state index in [1.807, 2.05) is 18.3 Å². The van der Waals surface area contributed by atoms with Crippen molar-refractivity contribution in [3.05, 3.63) is 30.1 Å². The number of likely N-dealkylation sites (N-methyl/N-ethyl adjacent to an activating group) is 1. The standard InChI is InChI=1S/C20H34N6O.HI/c1-16(2)13-22-20(23-14-19(27)25(3)4)24-17-8-11-26(12-9-17)15-18-7-5-6-10-21-18;/h5-7,10,16-17H,8-9,11-15H2,1-4H3,(H2,22,23,24);1H. The van der Waals surface area contributed by atoms with Gasteiger partial charge in [0.15, 0.2) is 5.96 Å². The van der Waals surface area contributed by atoms with E-state index in [0.29, 0.717) is 12.0 Å². The van der Waals surface area contributed by atoms with Gasteiger partial charge in [0.25, 0.3) is 0 Å². The first-order valence-corrected chi connectivity index (χ1v) is 9.81. The highest BCUT2D eigenvalue weighted by Crippen LogP contribution is 2.13. The highest BCUT2D eigenvalue weighted by molar-refractivity contribution is 14.0. The smallest absolute Gasteiger partial charge is 0.243 e. The van der Waals surface area contributed by atoms with E-state index < -0.39 is 0 Å². The minimum atomic E-state index is 0. The number of aliphatic imine (C=N–C) groups is 1. The minimum absolute atomic E-state index is 0. The SMILES string of the molecule is CC(C)CNC(=NCC(=O)N(C)C)NC1CCN(Cc2ccccn2)CC1.I. The number of guanidine groups is 1. The fraction of sp³-hybridized carbons (Fsp3) is 0.650. The molecule has 1 aromatic rings. The Bertz CT molecular complexity index is 600. The summed E-state index contributed by atoms with van der Waals surface area (Å²) in [5.74, 6) is 1.26. The predicted octanol–water partition coefficient (Wildman–Crippen LogP) is 1.94. The molecule has 1 aliphatic heterocycles. The van der Waals surface area contributed by atoms with Gasteiger partial charge in [-0.15, -0.1) is 24.0 Å². The largest absolute Gasteiger partial charge is 0.356 e. The molecule has 1 aliphatic rings. The number of halogens is 1. The predicted molar refractivity (Wildman–Crippen MR) is 125 cm³/mol. The molecule has 0 atom stereocenters. The van der Waals surface area contributed by atoms with Crippen molar-refractivity contribution in [1.82, 2.24) is 25.4 Å². The number of rotatable bonds is 7. The summed E-state index contributed by atoms with van der Waals surface area (Å²) in [7, 11) is 3.51. The molecule has 1 aromatic heterocycles. The third-order valence-corrected chi connectivity index (χ3v) is 4.59. The normalized spacial score (nSPS) is 15.8. The molecule has 0 spiro atoms. The zero-order valence-electron chi connectivity index (χ0n) is 17.5. The molecule has 0 saturated carbocycles. The third-order valence-electron chi connectivity index (χ3n) is 4.59. The van der Waals surface area contributed by atoms with Crippen LogP contribution in [0, 0.1) is 5.92 Å². The maximum absolute atomic E-state index is 11.8. The molecule has 1 amide bonds. The summed E-state index contributed by atoms with van der Waals surface area (Å²) in [6.07, 6.45) is 3.95. The van der Waals surface area contributed by atoms with Gasteiger partial charge in [-0.1, -0.05) is 19.9 Å². The Balaban J connectivity index is 0.00000392. The average molecular weight is 502 g/mol. The van der Waals surface area contributed by atoms with Crippen LogP contribution in [-0.2, 0) is 11.3 Å². The third kappa shape index (κ3) is 9.18. The van der Waals surface area contributed by atoms with Gasteiger partial charge in [0.1, 0.15) is 6.54 Å². The van der Waals surface area contributed by atoms with Crippen LogP contribution >= 0.6 is 24.0 Å². The zero-order valence-corrected chi connectivity index (χ0v) is 19.8.